The largest absolute Gasteiger partial charge is 0.449 e. The minimum Gasteiger partial charge on any atom is -0.449 e. The average Bonchev–Trinajstić information content (AvgIpc) is 3.01. The molecule has 10 heteroatoms. The lowest BCUT2D eigenvalue weighted by Gasteiger charge is -2.12. The second kappa shape index (κ2) is 7.85. The molecule has 7 nitrogen and oxygen atoms in total. The van der Waals surface area contributed by atoms with E-state index in [1.54, 1.807) is 0 Å². The van der Waals surface area contributed by atoms with Gasteiger partial charge in [0, 0.05) is 12.7 Å². The van der Waals surface area contributed by atoms with E-state index in [9.17, 15) is 18.0 Å². The molecule has 0 bridgehead atoms. The van der Waals surface area contributed by atoms with Crippen molar-refractivity contribution in [2.75, 3.05) is 11.8 Å². The predicted molar refractivity (Wildman–Crippen MR) is 95.5 cm³/mol. The van der Waals surface area contributed by atoms with E-state index in [4.69, 9.17) is 16.3 Å². The molecule has 0 aliphatic heterocycles. The van der Waals surface area contributed by atoms with Gasteiger partial charge >= 0.3 is 5.97 Å². The summed E-state index contributed by atoms with van der Waals surface area (Å²) in [6.45, 7) is 1.45. The van der Waals surface area contributed by atoms with E-state index < -0.39 is 28.0 Å². The highest BCUT2D eigenvalue weighted by atomic mass is 35.5. The zero-order valence-electron chi connectivity index (χ0n) is 13.3. The molecule has 0 saturated carbocycles. The molecule has 1 aromatic carbocycles. The molecule has 1 atom stereocenters. The van der Waals surface area contributed by atoms with Gasteiger partial charge in [-0.15, -0.1) is 11.3 Å². The van der Waals surface area contributed by atoms with E-state index in [1.807, 2.05) is 0 Å². The lowest BCUT2D eigenvalue weighted by molar-refractivity contribution is -0.128. The van der Waals surface area contributed by atoms with Crippen LogP contribution in [0.2, 0.25) is 4.34 Å². The number of ether oxygens (including phenoxy) is 1. The monoisotopic (exact) mass is 402 g/mol. The van der Waals surface area contributed by atoms with Crippen LogP contribution in [0.4, 0.5) is 5.69 Å². The first kappa shape index (κ1) is 19.2. The van der Waals surface area contributed by atoms with Gasteiger partial charge in [-0.2, -0.15) is 0 Å². The first-order chi connectivity index (χ1) is 11.7. The molecule has 0 radical (unpaired) electrons. The molecule has 25 heavy (non-hydrogen) atoms. The summed E-state index contributed by atoms with van der Waals surface area (Å²) in [5.41, 5.74) is 0.471. The minimum absolute atomic E-state index is 0.0837. The summed E-state index contributed by atoms with van der Waals surface area (Å²) in [6.07, 6.45) is -0.931. The van der Waals surface area contributed by atoms with Crippen LogP contribution in [-0.4, -0.2) is 33.4 Å². The number of likely N-dealkylation sites (N-methyl/N-ethyl adjacent to an activating group) is 1. The van der Waals surface area contributed by atoms with Gasteiger partial charge in [0.1, 0.15) is 4.21 Å². The lowest BCUT2D eigenvalue weighted by atomic mass is 10.2. The molecule has 1 heterocycles. The third kappa shape index (κ3) is 4.94. The standard InChI is InChI=1S/C15H15ClN2O5S2/c1-9(14(19)17-2)23-15(20)10-3-5-11(6-4-10)18-25(21,22)13-8-7-12(16)24-13/h3-9,18H,1-2H3,(H,17,19)/t9-/m0/s1. The summed E-state index contributed by atoms with van der Waals surface area (Å²) >= 11 is 6.68. The second-order valence-corrected chi connectivity index (χ2v) is 8.53. The Morgan fingerprint density at radius 2 is 1.80 bits per heavy atom. The molecule has 0 unspecified atom stereocenters. The average molecular weight is 403 g/mol. The van der Waals surface area contributed by atoms with E-state index in [1.165, 1.54) is 50.4 Å². The van der Waals surface area contributed by atoms with Gasteiger partial charge in [-0.3, -0.25) is 9.52 Å². The van der Waals surface area contributed by atoms with Gasteiger partial charge in [-0.25, -0.2) is 13.2 Å². The fourth-order valence-corrected chi connectivity index (χ4v) is 4.35. The zero-order chi connectivity index (χ0) is 18.6. The number of anilines is 1. The van der Waals surface area contributed by atoms with Gasteiger partial charge in [0.05, 0.1) is 9.90 Å². The molecule has 0 spiro atoms. The molecule has 0 aliphatic rings. The van der Waals surface area contributed by atoms with Gasteiger partial charge in [-0.05, 0) is 43.3 Å². The van der Waals surface area contributed by atoms with Crippen LogP contribution in [-0.2, 0) is 19.6 Å². The maximum absolute atomic E-state index is 12.2. The SMILES string of the molecule is CNC(=O)[C@H](C)OC(=O)c1ccc(NS(=O)(=O)c2ccc(Cl)s2)cc1. The molecule has 2 aromatic rings. The molecule has 1 amide bonds. The van der Waals surface area contributed by atoms with Crippen LogP contribution in [0.15, 0.2) is 40.6 Å². The fourth-order valence-electron chi connectivity index (χ4n) is 1.81. The normalized spacial score (nSPS) is 12.3. The van der Waals surface area contributed by atoms with Crippen molar-refractivity contribution >= 4 is 50.5 Å². The van der Waals surface area contributed by atoms with Crippen molar-refractivity contribution in [2.45, 2.75) is 17.2 Å². The Kier molecular flexibility index (Phi) is 6.04. The molecule has 0 fully saturated rings. The van der Waals surface area contributed by atoms with Gasteiger partial charge < -0.3 is 10.1 Å². The van der Waals surface area contributed by atoms with E-state index in [-0.39, 0.29) is 15.5 Å². The highest BCUT2D eigenvalue weighted by molar-refractivity contribution is 7.94. The fraction of sp³-hybridized carbons (Fsp3) is 0.200. The lowest BCUT2D eigenvalue weighted by Crippen LogP contribution is -2.33. The molecule has 0 saturated heterocycles. The van der Waals surface area contributed by atoms with Crippen LogP contribution in [0.5, 0.6) is 0 Å². The van der Waals surface area contributed by atoms with Gasteiger partial charge in [0.2, 0.25) is 0 Å². The van der Waals surface area contributed by atoms with Crippen LogP contribution in [0.3, 0.4) is 0 Å². The third-order valence-corrected chi connectivity index (χ3v) is 6.19. The van der Waals surface area contributed by atoms with Crippen molar-refractivity contribution in [1.29, 1.82) is 0 Å². The molecule has 2 rings (SSSR count). The summed E-state index contributed by atoms with van der Waals surface area (Å²) < 4.78 is 32.2. The smallest absolute Gasteiger partial charge is 0.338 e. The van der Waals surface area contributed by atoms with E-state index in [0.717, 1.165) is 11.3 Å². The maximum atomic E-state index is 12.2. The predicted octanol–water partition coefficient (Wildman–Crippen LogP) is 2.49. The van der Waals surface area contributed by atoms with Crippen molar-refractivity contribution < 1.29 is 22.7 Å². The quantitative estimate of drug-likeness (QED) is 0.723. The number of hydrogen-bond donors (Lipinski definition) is 2. The van der Waals surface area contributed by atoms with Crippen LogP contribution in [0, 0.1) is 0 Å². The Morgan fingerprint density at radius 1 is 1.16 bits per heavy atom. The number of thiophene rings is 1. The molecule has 0 aliphatic carbocycles. The second-order valence-electron chi connectivity index (χ2n) is 4.90. The zero-order valence-corrected chi connectivity index (χ0v) is 15.7. The van der Waals surface area contributed by atoms with E-state index in [0.29, 0.717) is 4.34 Å². The van der Waals surface area contributed by atoms with E-state index >= 15 is 0 Å². The highest BCUT2D eigenvalue weighted by Crippen LogP contribution is 2.27. The number of carbonyl (C=O) groups is 2. The van der Waals surface area contributed by atoms with Gasteiger partial charge in [-0.1, -0.05) is 11.6 Å². The molecule has 1 aromatic heterocycles. The Morgan fingerprint density at radius 3 is 2.32 bits per heavy atom. The van der Waals surface area contributed by atoms with Crippen molar-refractivity contribution in [1.82, 2.24) is 5.32 Å². The number of esters is 1. The number of carbonyl (C=O) groups excluding carboxylic acids is 2. The van der Waals surface area contributed by atoms with Crippen molar-refractivity contribution in [3.8, 4) is 0 Å². The number of rotatable bonds is 6. The molecular weight excluding hydrogens is 388 g/mol. The Hall–Kier alpha value is -2.10. The van der Waals surface area contributed by atoms with Gasteiger partial charge in [0.25, 0.3) is 15.9 Å². The number of amides is 1. The van der Waals surface area contributed by atoms with Crippen LogP contribution in [0.1, 0.15) is 17.3 Å². The number of sulfonamides is 1. The van der Waals surface area contributed by atoms with Crippen molar-refractivity contribution in [3.05, 3.63) is 46.3 Å². The highest BCUT2D eigenvalue weighted by Gasteiger charge is 2.19. The Labute approximate surface area is 154 Å². The summed E-state index contributed by atoms with van der Waals surface area (Å²) in [6, 6.07) is 8.55. The number of nitrogens with one attached hydrogen (secondary N) is 2. The summed E-state index contributed by atoms with van der Waals surface area (Å²) in [7, 11) is -2.31. The maximum Gasteiger partial charge on any atom is 0.338 e. The topological polar surface area (TPSA) is 102 Å². The number of benzene rings is 1. The van der Waals surface area contributed by atoms with Crippen molar-refractivity contribution in [2.24, 2.45) is 0 Å². The number of halogens is 1. The van der Waals surface area contributed by atoms with Crippen LogP contribution >= 0.6 is 22.9 Å². The van der Waals surface area contributed by atoms with E-state index in [2.05, 4.69) is 10.0 Å². The molecule has 2 N–H and O–H groups in total. The first-order valence-corrected chi connectivity index (χ1v) is 9.71. The summed E-state index contributed by atoms with van der Waals surface area (Å²) in [5, 5.41) is 2.37. The van der Waals surface area contributed by atoms with Crippen LogP contribution in [0.25, 0.3) is 0 Å². The summed E-state index contributed by atoms with van der Waals surface area (Å²) in [5.74, 6) is -1.11. The van der Waals surface area contributed by atoms with Gasteiger partial charge in [0.15, 0.2) is 6.10 Å². The first-order valence-electron chi connectivity index (χ1n) is 7.03. The Balaban J connectivity index is 2.07. The molecular formula is C15H15ClN2O5S2. The van der Waals surface area contributed by atoms with Crippen LogP contribution < -0.4 is 10.0 Å². The third-order valence-electron chi connectivity index (χ3n) is 3.09. The van der Waals surface area contributed by atoms with Crippen molar-refractivity contribution in [3.63, 3.8) is 0 Å². The minimum atomic E-state index is -3.74. The molecule has 134 valence electrons. The number of hydrogen-bond acceptors (Lipinski definition) is 6. The Bertz CT molecular complexity index is 878. The summed E-state index contributed by atoms with van der Waals surface area (Å²) in [4.78, 5) is 23.3.